The molecule has 3 aromatic rings. The summed E-state index contributed by atoms with van der Waals surface area (Å²) in [5.74, 6) is 0.977. The van der Waals surface area contributed by atoms with Crippen molar-refractivity contribution in [3.8, 4) is 0 Å². The summed E-state index contributed by atoms with van der Waals surface area (Å²) in [7, 11) is 0. The van der Waals surface area contributed by atoms with Gasteiger partial charge in [-0.15, -0.1) is 0 Å². The number of benzene rings is 1. The third kappa shape index (κ3) is 4.04. The van der Waals surface area contributed by atoms with Gasteiger partial charge in [-0.1, -0.05) is 23.7 Å². The summed E-state index contributed by atoms with van der Waals surface area (Å²) in [6, 6.07) is 12.5. The van der Waals surface area contributed by atoms with E-state index >= 15 is 0 Å². The Morgan fingerprint density at radius 1 is 0.893 bits per heavy atom. The van der Waals surface area contributed by atoms with Crippen LogP contribution in [0, 0.1) is 0 Å². The SMILES string of the molecule is O=C(Nc1ccc(N2CCN(c3ncccn3)CC2)cn1)c1ccccc1Cl. The summed E-state index contributed by atoms with van der Waals surface area (Å²) in [6.07, 6.45) is 5.29. The minimum absolute atomic E-state index is 0.276. The zero-order chi connectivity index (χ0) is 19.3. The molecular weight excluding hydrogens is 376 g/mol. The quantitative estimate of drug-likeness (QED) is 0.733. The fraction of sp³-hybridized carbons (Fsp3) is 0.200. The molecule has 3 heterocycles. The molecule has 1 saturated heterocycles. The molecule has 0 radical (unpaired) electrons. The lowest BCUT2D eigenvalue weighted by molar-refractivity contribution is 0.102. The summed E-state index contributed by atoms with van der Waals surface area (Å²) in [6.45, 7) is 3.39. The van der Waals surface area contributed by atoms with Gasteiger partial charge in [0.2, 0.25) is 5.95 Å². The molecule has 0 atom stereocenters. The standard InChI is InChI=1S/C20H19ClN6O/c21-17-5-2-1-4-16(17)19(28)25-18-7-6-15(14-24-18)26-10-12-27(13-11-26)20-22-8-3-9-23-20/h1-9,14H,10-13H2,(H,24,25,28). The van der Waals surface area contributed by atoms with E-state index in [0.717, 1.165) is 37.8 Å². The van der Waals surface area contributed by atoms with E-state index in [1.54, 1.807) is 48.9 Å². The Balaban J connectivity index is 1.36. The summed E-state index contributed by atoms with van der Waals surface area (Å²) in [5.41, 5.74) is 1.44. The second-order valence-electron chi connectivity index (χ2n) is 6.36. The Labute approximate surface area is 168 Å². The van der Waals surface area contributed by atoms with Crippen LogP contribution in [0.1, 0.15) is 10.4 Å². The third-order valence-corrected chi connectivity index (χ3v) is 4.92. The number of piperazine rings is 1. The van der Waals surface area contributed by atoms with Crippen molar-refractivity contribution < 1.29 is 4.79 Å². The number of carbonyl (C=O) groups is 1. The molecule has 4 rings (SSSR count). The Hall–Kier alpha value is -3.19. The van der Waals surface area contributed by atoms with E-state index in [0.29, 0.717) is 16.4 Å². The first kappa shape index (κ1) is 18.2. The van der Waals surface area contributed by atoms with Crippen LogP contribution in [0.25, 0.3) is 0 Å². The largest absolute Gasteiger partial charge is 0.367 e. The van der Waals surface area contributed by atoms with Crippen LogP contribution in [0.4, 0.5) is 17.5 Å². The Bertz CT molecular complexity index is 942. The summed E-state index contributed by atoms with van der Waals surface area (Å²) < 4.78 is 0. The van der Waals surface area contributed by atoms with Crippen molar-refractivity contribution in [3.63, 3.8) is 0 Å². The van der Waals surface area contributed by atoms with Crippen LogP contribution >= 0.6 is 11.6 Å². The molecule has 1 fully saturated rings. The molecule has 0 bridgehead atoms. The second kappa shape index (κ2) is 8.22. The monoisotopic (exact) mass is 394 g/mol. The van der Waals surface area contributed by atoms with E-state index in [2.05, 4.69) is 30.1 Å². The maximum atomic E-state index is 12.3. The molecular formula is C20H19ClN6O. The van der Waals surface area contributed by atoms with Gasteiger partial charge in [0, 0.05) is 38.6 Å². The van der Waals surface area contributed by atoms with Gasteiger partial charge in [-0.25, -0.2) is 15.0 Å². The highest BCUT2D eigenvalue weighted by Crippen LogP contribution is 2.20. The van der Waals surface area contributed by atoms with Gasteiger partial charge in [-0.05, 0) is 30.3 Å². The number of hydrogen-bond donors (Lipinski definition) is 1. The van der Waals surface area contributed by atoms with Crippen LogP contribution in [-0.2, 0) is 0 Å². The van der Waals surface area contributed by atoms with E-state index < -0.39 is 0 Å². The molecule has 8 heteroatoms. The Morgan fingerprint density at radius 3 is 2.29 bits per heavy atom. The zero-order valence-electron chi connectivity index (χ0n) is 15.1. The van der Waals surface area contributed by atoms with Crippen LogP contribution in [-0.4, -0.2) is 47.0 Å². The van der Waals surface area contributed by atoms with Crippen molar-refractivity contribution in [3.05, 3.63) is 71.6 Å². The smallest absolute Gasteiger partial charge is 0.258 e. The highest BCUT2D eigenvalue weighted by molar-refractivity contribution is 6.34. The van der Waals surface area contributed by atoms with Crippen molar-refractivity contribution in [1.29, 1.82) is 0 Å². The van der Waals surface area contributed by atoms with Crippen molar-refractivity contribution in [2.45, 2.75) is 0 Å². The number of halogens is 1. The molecule has 2 aromatic heterocycles. The van der Waals surface area contributed by atoms with Crippen LogP contribution in [0.5, 0.6) is 0 Å². The van der Waals surface area contributed by atoms with E-state index in [4.69, 9.17) is 11.6 Å². The first-order valence-electron chi connectivity index (χ1n) is 8.99. The number of nitrogens with one attached hydrogen (secondary N) is 1. The lowest BCUT2D eigenvalue weighted by Crippen LogP contribution is -2.47. The third-order valence-electron chi connectivity index (χ3n) is 4.59. The number of rotatable bonds is 4. The number of pyridine rings is 1. The summed E-state index contributed by atoms with van der Waals surface area (Å²) in [4.78, 5) is 29.7. The topological polar surface area (TPSA) is 74.2 Å². The predicted octanol–water partition coefficient (Wildman–Crippen LogP) is 3.10. The van der Waals surface area contributed by atoms with Crippen LogP contribution in [0.15, 0.2) is 61.1 Å². The lowest BCUT2D eigenvalue weighted by atomic mass is 10.2. The van der Waals surface area contributed by atoms with Gasteiger partial charge in [-0.2, -0.15) is 0 Å². The van der Waals surface area contributed by atoms with E-state index in [9.17, 15) is 4.79 Å². The van der Waals surface area contributed by atoms with Gasteiger partial charge < -0.3 is 15.1 Å². The molecule has 1 aromatic carbocycles. The molecule has 0 unspecified atom stereocenters. The average Bonchev–Trinajstić information content (AvgIpc) is 2.75. The van der Waals surface area contributed by atoms with Gasteiger partial charge in [0.25, 0.3) is 5.91 Å². The second-order valence-corrected chi connectivity index (χ2v) is 6.77. The van der Waals surface area contributed by atoms with Crippen LogP contribution in [0.2, 0.25) is 5.02 Å². The van der Waals surface area contributed by atoms with Crippen molar-refractivity contribution in [1.82, 2.24) is 15.0 Å². The molecule has 0 saturated carbocycles. The van der Waals surface area contributed by atoms with Gasteiger partial charge in [0.1, 0.15) is 5.82 Å². The number of amides is 1. The fourth-order valence-electron chi connectivity index (χ4n) is 3.10. The maximum Gasteiger partial charge on any atom is 0.258 e. The molecule has 1 amide bonds. The number of aromatic nitrogens is 3. The molecule has 28 heavy (non-hydrogen) atoms. The Kier molecular flexibility index (Phi) is 5.34. The van der Waals surface area contributed by atoms with Crippen LogP contribution in [0.3, 0.4) is 0 Å². The fourth-order valence-corrected chi connectivity index (χ4v) is 3.32. The molecule has 1 aliphatic heterocycles. The normalized spacial score (nSPS) is 14.0. The molecule has 142 valence electrons. The molecule has 0 aliphatic carbocycles. The van der Waals surface area contributed by atoms with Gasteiger partial charge >= 0.3 is 0 Å². The summed E-state index contributed by atoms with van der Waals surface area (Å²) >= 11 is 6.07. The van der Waals surface area contributed by atoms with E-state index in [1.807, 2.05) is 12.1 Å². The first-order chi connectivity index (χ1) is 13.7. The first-order valence-corrected chi connectivity index (χ1v) is 9.37. The number of nitrogens with zero attached hydrogens (tertiary/aromatic N) is 5. The summed E-state index contributed by atoms with van der Waals surface area (Å²) in [5, 5.41) is 3.19. The zero-order valence-corrected chi connectivity index (χ0v) is 15.9. The lowest BCUT2D eigenvalue weighted by Gasteiger charge is -2.35. The van der Waals surface area contributed by atoms with Gasteiger partial charge in [0.15, 0.2) is 0 Å². The number of anilines is 3. The predicted molar refractivity (Wildman–Crippen MR) is 110 cm³/mol. The van der Waals surface area contributed by atoms with Gasteiger partial charge in [0.05, 0.1) is 22.5 Å². The molecule has 0 spiro atoms. The number of carbonyl (C=O) groups excluding carboxylic acids is 1. The van der Waals surface area contributed by atoms with E-state index in [1.165, 1.54) is 0 Å². The highest BCUT2D eigenvalue weighted by Gasteiger charge is 2.19. The van der Waals surface area contributed by atoms with Crippen molar-refractivity contribution >= 4 is 35.0 Å². The minimum Gasteiger partial charge on any atom is -0.367 e. The molecule has 1 aliphatic rings. The van der Waals surface area contributed by atoms with E-state index in [-0.39, 0.29) is 5.91 Å². The van der Waals surface area contributed by atoms with Crippen LogP contribution < -0.4 is 15.1 Å². The molecule has 1 N–H and O–H groups in total. The Morgan fingerprint density at radius 2 is 1.61 bits per heavy atom. The molecule has 7 nitrogen and oxygen atoms in total. The van der Waals surface area contributed by atoms with Gasteiger partial charge in [-0.3, -0.25) is 4.79 Å². The number of hydrogen-bond acceptors (Lipinski definition) is 6. The van der Waals surface area contributed by atoms with Crippen molar-refractivity contribution in [2.24, 2.45) is 0 Å². The average molecular weight is 395 g/mol. The highest BCUT2D eigenvalue weighted by atomic mass is 35.5. The minimum atomic E-state index is -0.276. The van der Waals surface area contributed by atoms with Crippen molar-refractivity contribution in [2.75, 3.05) is 41.3 Å². The maximum absolute atomic E-state index is 12.3.